The van der Waals surface area contributed by atoms with E-state index in [4.69, 9.17) is 0 Å². The van der Waals surface area contributed by atoms with E-state index in [0.717, 1.165) is 43.5 Å². The van der Waals surface area contributed by atoms with Gasteiger partial charge in [0.15, 0.2) is 0 Å². The Kier molecular flexibility index (Phi) is 6.01. The largest absolute Gasteiger partial charge is 0.353 e. The molecule has 0 bridgehead atoms. The summed E-state index contributed by atoms with van der Waals surface area (Å²) in [7, 11) is 0. The van der Waals surface area contributed by atoms with Crippen molar-refractivity contribution in [1.29, 1.82) is 0 Å². The molecule has 3 amide bonds. The minimum atomic E-state index is -0.482. The molecular weight excluding hydrogens is 338 g/mol. The van der Waals surface area contributed by atoms with Gasteiger partial charge in [0.2, 0.25) is 5.91 Å². The summed E-state index contributed by atoms with van der Waals surface area (Å²) in [5, 5.41) is 2.86. The van der Waals surface area contributed by atoms with Gasteiger partial charge >= 0.3 is 6.03 Å². The van der Waals surface area contributed by atoms with Crippen molar-refractivity contribution in [3.63, 3.8) is 0 Å². The second kappa shape index (κ2) is 8.42. The van der Waals surface area contributed by atoms with Crippen molar-refractivity contribution >= 4 is 29.5 Å². The maximum atomic E-state index is 12.4. The first-order chi connectivity index (χ1) is 12.1. The first kappa shape index (κ1) is 17.8. The number of piperazine rings is 1. The standard InChI is InChI=1S/C17H25N5O2S/c1-14(16(23)21-10-12-25-13-11-21)19-17(24)22-8-6-20(7-9-22)15-4-2-3-5-18-15/h2-5,14H,6-13H2,1H3,(H,19,24)/t14-/m0/s1. The summed E-state index contributed by atoms with van der Waals surface area (Å²) in [6.07, 6.45) is 1.78. The third-order valence-electron chi connectivity index (χ3n) is 4.57. The summed E-state index contributed by atoms with van der Waals surface area (Å²) in [4.78, 5) is 35.0. The number of hydrogen-bond donors (Lipinski definition) is 1. The van der Waals surface area contributed by atoms with Crippen LogP contribution in [-0.4, -0.2) is 83.5 Å². The van der Waals surface area contributed by atoms with Crippen LogP contribution >= 0.6 is 11.8 Å². The number of anilines is 1. The molecule has 1 N–H and O–H groups in total. The summed E-state index contributed by atoms with van der Waals surface area (Å²) in [5.74, 6) is 2.90. The maximum Gasteiger partial charge on any atom is 0.318 e. The average molecular weight is 363 g/mol. The summed E-state index contributed by atoms with van der Waals surface area (Å²) < 4.78 is 0. The van der Waals surface area contributed by atoms with E-state index in [9.17, 15) is 9.59 Å². The zero-order valence-corrected chi connectivity index (χ0v) is 15.4. The molecule has 0 spiro atoms. The summed E-state index contributed by atoms with van der Waals surface area (Å²) in [5.41, 5.74) is 0. The van der Waals surface area contributed by atoms with Gasteiger partial charge in [-0.15, -0.1) is 0 Å². The SMILES string of the molecule is C[C@H](NC(=O)N1CCN(c2ccccn2)CC1)C(=O)N1CCSCC1. The number of aromatic nitrogens is 1. The molecule has 2 saturated heterocycles. The lowest BCUT2D eigenvalue weighted by molar-refractivity contribution is -0.132. The van der Waals surface area contributed by atoms with E-state index in [-0.39, 0.29) is 11.9 Å². The van der Waals surface area contributed by atoms with Crippen LogP contribution in [0.15, 0.2) is 24.4 Å². The summed E-state index contributed by atoms with van der Waals surface area (Å²) in [6, 6.07) is 5.20. The van der Waals surface area contributed by atoms with Crippen LogP contribution in [0.25, 0.3) is 0 Å². The highest BCUT2D eigenvalue weighted by Crippen LogP contribution is 2.13. The highest BCUT2D eigenvalue weighted by Gasteiger charge is 2.27. The van der Waals surface area contributed by atoms with E-state index in [0.29, 0.717) is 13.1 Å². The van der Waals surface area contributed by atoms with Crippen LogP contribution in [-0.2, 0) is 4.79 Å². The average Bonchev–Trinajstić information content (AvgIpc) is 2.68. The van der Waals surface area contributed by atoms with Gasteiger partial charge < -0.3 is 20.0 Å². The lowest BCUT2D eigenvalue weighted by atomic mass is 10.2. The third kappa shape index (κ3) is 4.56. The molecule has 1 aromatic heterocycles. The minimum absolute atomic E-state index is 0.0146. The van der Waals surface area contributed by atoms with Crippen molar-refractivity contribution in [3.05, 3.63) is 24.4 Å². The van der Waals surface area contributed by atoms with E-state index in [1.165, 1.54) is 0 Å². The monoisotopic (exact) mass is 363 g/mol. The normalized spacial score (nSPS) is 19.5. The van der Waals surface area contributed by atoms with Gasteiger partial charge in [0, 0.05) is 57.0 Å². The molecule has 136 valence electrons. The van der Waals surface area contributed by atoms with Gasteiger partial charge in [0.05, 0.1) is 0 Å². The van der Waals surface area contributed by atoms with Crippen LogP contribution in [0, 0.1) is 0 Å². The molecule has 0 aromatic carbocycles. The Hall–Kier alpha value is -1.96. The second-order valence-corrected chi connectivity index (χ2v) is 7.50. The number of carbonyl (C=O) groups is 2. The maximum absolute atomic E-state index is 12.4. The predicted molar refractivity (Wildman–Crippen MR) is 99.9 cm³/mol. The quantitative estimate of drug-likeness (QED) is 0.863. The number of hydrogen-bond acceptors (Lipinski definition) is 5. The highest BCUT2D eigenvalue weighted by atomic mass is 32.2. The Labute approximate surface area is 152 Å². The lowest BCUT2D eigenvalue weighted by Gasteiger charge is -2.36. The molecule has 8 heteroatoms. The zero-order valence-electron chi connectivity index (χ0n) is 14.6. The van der Waals surface area contributed by atoms with Gasteiger partial charge in [0.25, 0.3) is 0 Å². The molecule has 2 fully saturated rings. The Morgan fingerprint density at radius 1 is 1.08 bits per heavy atom. The number of nitrogens with one attached hydrogen (secondary N) is 1. The van der Waals surface area contributed by atoms with Gasteiger partial charge in [-0.3, -0.25) is 4.79 Å². The first-order valence-electron chi connectivity index (χ1n) is 8.73. The molecule has 0 unspecified atom stereocenters. The number of pyridine rings is 1. The molecule has 25 heavy (non-hydrogen) atoms. The van der Waals surface area contributed by atoms with Crippen molar-refractivity contribution in [2.45, 2.75) is 13.0 Å². The Balaban J connectivity index is 1.46. The fourth-order valence-corrected chi connectivity index (χ4v) is 3.98. The molecule has 3 heterocycles. The minimum Gasteiger partial charge on any atom is -0.353 e. The third-order valence-corrected chi connectivity index (χ3v) is 5.52. The Morgan fingerprint density at radius 2 is 1.80 bits per heavy atom. The molecule has 0 radical (unpaired) electrons. The molecule has 2 aliphatic rings. The molecular formula is C17H25N5O2S. The van der Waals surface area contributed by atoms with E-state index in [1.54, 1.807) is 18.0 Å². The zero-order chi connectivity index (χ0) is 17.6. The Morgan fingerprint density at radius 3 is 2.44 bits per heavy atom. The van der Waals surface area contributed by atoms with Crippen molar-refractivity contribution in [3.8, 4) is 0 Å². The molecule has 0 aliphatic carbocycles. The van der Waals surface area contributed by atoms with E-state index >= 15 is 0 Å². The topological polar surface area (TPSA) is 68.8 Å². The Bertz CT molecular complexity index is 586. The van der Waals surface area contributed by atoms with Gasteiger partial charge in [-0.2, -0.15) is 11.8 Å². The van der Waals surface area contributed by atoms with Gasteiger partial charge in [-0.25, -0.2) is 9.78 Å². The van der Waals surface area contributed by atoms with Gasteiger partial charge in [-0.05, 0) is 19.1 Å². The molecule has 1 atom stereocenters. The number of urea groups is 1. The first-order valence-corrected chi connectivity index (χ1v) is 9.88. The number of nitrogens with zero attached hydrogens (tertiary/aromatic N) is 4. The fraction of sp³-hybridized carbons (Fsp3) is 0.588. The highest BCUT2D eigenvalue weighted by molar-refractivity contribution is 7.99. The van der Waals surface area contributed by atoms with Crippen LogP contribution in [0.1, 0.15) is 6.92 Å². The number of carbonyl (C=O) groups excluding carboxylic acids is 2. The van der Waals surface area contributed by atoms with Crippen molar-refractivity contribution in [1.82, 2.24) is 20.1 Å². The summed E-state index contributed by atoms with van der Waals surface area (Å²) >= 11 is 1.86. The van der Waals surface area contributed by atoms with E-state index in [1.807, 2.05) is 34.9 Å². The smallest absolute Gasteiger partial charge is 0.318 e. The predicted octanol–water partition coefficient (Wildman–Crippen LogP) is 0.877. The van der Waals surface area contributed by atoms with E-state index in [2.05, 4.69) is 15.2 Å². The van der Waals surface area contributed by atoms with Crippen molar-refractivity contribution in [2.75, 3.05) is 55.7 Å². The number of amides is 3. The van der Waals surface area contributed by atoms with Crippen LogP contribution in [0.5, 0.6) is 0 Å². The number of thioether (sulfide) groups is 1. The van der Waals surface area contributed by atoms with E-state index < -0.39 is 6.04 Å². The number of rotatable bonds is 3. The molecule has 0 saturated carbocycles. The van der Waals surface area contributed by atoms with Crippen molar-refractivity contribution < 1.29 is 9.59 Å². The lowest BCUT2D eigenvalue weighted by Crippen LogP contribution is -2.56. The van der Waals surface area contributed by atoms with Crippen LogP contribution in [0.3, 0.4) is 0 Å². The van der Waals surface area contributed by atoms with Gasteiger partial charge in [0.1, 0.15) is 11.9 Å². The van der Waals surface area contributed by atoms with Crippen molar-refractivity contribution in [2.24, 2.45) is 0 Å². The fourth-order valence-electron chi connectivity index (χ4n) is 3.08. The second-order valence-electron chi connectivity index (χ2n) is 6.27. The molecule has 3 rings (SSSR count). The van der Waals surface area contributed by atoms with Crippen LogP contribution in [0.2, 0.25) is 0 Å². The molecule has 2 aliphatic heterocycles. The van der Waals surface area contributed by atoms with Gasteiger partial charge in [-0.1, -0.05) is 6.07 Å². The molecule has 1 aromatic rings. The van der Waals surface area contributed by atoms with Crippen LogP contribution in [0.4, 0.5) is 10.6 Å². The van der Waals surface area contributed by atoms with Crippen LogP contribution < -0.4 is 10.2 Å². The molecule has 7 nitrogen and oxygen atoms in total. The summed E-state index contributed by atoms with van der Waals surface area (Å²) in [6.45, 7) is 6.06.